The van der Waals surface area contributed by atoms with E-state index in [1.165, 1.54) is 30.0 Å². The van der Waals surface area contributed by atoms with E-state index in [1.54, 1.807) is 7.05 Å². The molecule has 96 valence electrons. The second-order valence-electron chi connectivity index (χ2n) is 3.90. The van der Waals surface area contributed by atoms with Crippen LogP contribution in [-0.2, 0) is 11.8 Å². The van der Waals surface area contributed by atoms with Crippen molar-refractivity contribution in [1.82, 2.24) is 9.55 Å². The standard InChI is InChI=1S/C12H12F2N2O2/c1-16-8(5-15-10(16)6-17)7-3-4-9(18-2)12(14)11(7)13/h3-6,9,12H,1-2H3. The number of carbonyl (C=O) groups is 1. The van der Waals surface area contributed by atoms with Crippen LogP contribution in [0.4, 0.5) is 8.78 Å². The quantitative estimate of drug-likeness (QED) is 0.773. The molecule has 1 aromatic rings. The van der Waals surface area contributed by atoms with E-state index in [9.17, 15) is 13.6 Å². The van der Waals surface area contributed by atoms with Crippen LogP contribution in [0.2, 0.25) is 0 Å². The molecular weight excluding hydrogens is 242 g/mol. The third-order valence-corrected chi connectivity index (χ3v) is 2.92. The number of aldehydes is 1. The molecule has 2 rings (SSSR count). The number of ether oxygens (including phenoxy) is 1. The highest BCUT2D eigenvalue weighted by Crippen LogP contribution is 2.31. The lowest BCUT2D eigenvalue weighted by Crippen LogP contribution is -2.26. The number of hydrogen-bond acceptors (Lipinski definition) is 3. The molecule has 6 heteroatoms. The number of halogens is 2. The molecule has 0 amide bonds. The minimum Gasteiger partial charge on any atom is -0.374 e. The smallest absolute Gasteiger partial charge is 0.185 e. The normalized spacial score (nSPS) is 23.6. The highest BCUT2D eigenvalue weighted by molar-refractivity contribution is 5.78. The third kappa shape index (κ3) is 1.88. The number of allylic oxidation sites excluding steroid dienone is 2. The third-order valence-electron chi connectivity index (χ3n) is 2.92. The van der Waals surface area contributed by atoms with Gasteiger partial charge in [0.1, 0.15) is 11.9 Å². The maximum absolute atomic E-state index is 13.9. The molecule has 1 heterocycles. The van der Waals surface area contributed by atoms with Crippen LogP contribution in [0.5, 0.6) is 0 Å². The van der Waals surface area contributed by atoms with Crippen molar-refractivity contribution in [2.75, 3.05) is 7.11 Å². The number of methoxy groups -OCH3 is 1. The van der Waals surface area contributed by atoms with Gasteiger partial charge in [0, 0.05) is 19.7 Å². The lowest BCUT2D eigenvalue weighted by atomic mass is 10.00. The van der Waals surface area contributed by atoms with E-state index in [0.29, 0.717) is 12.0 Å². The van der Waals surface area contributed by atoms with Gasteiger partial charge in [-0.3, -0.25) is 4.79 Å². The van der Waals surface area contributed by atoms with Crippen molar-refractivity contribution < 1.29 is 18.3 Å². The van der Waals surface area contributed by atoms with Crippen LogP contribution in [0.15, 0.2) is 24.2 Å². The Bertz CT molecular complexity index is 534. The molecule has 0 spiro atoms. The Labute approximate surface area is 103 Å². The summed E-state index contributed by atoms with van der Waals surface area (Å²) in [6.45, 7) is 0. The lowest BCUT2D eigenvalue weighted by molar-refractivity contribution is 0.0715. The average molecular weight is 254 g/mol. The fourth-order valence-corrected chi connectivity index (χ4v) is 1.85. The van der Waals surface area contributed by atoms with E-state index < -0.39 is 18.1 Å². The van der Waals surface area contributed by atoms with Gasteiger partial charge in [0.15, 0.2) is 18.3 Å². The fourth-order valence-electron chi connectivity index (χ4n) is 1.85. The van der Waals surface area contributed by atoms with Crippen molar-refractivity contribution in [3.63, 3.8) is 0 Å². The maximum atomic E-state index is 13.9. The summed E-state index contributed by atoms with van der Waals surface area (Å²) in [4.78, 5) is 14.5. The fraction of sp³-hybridized carbons (Fsp3) is 0.333. The van der Waals surface area contributed by atoms with Gasteiger partial charge in [-0.15, -0.1) is 0 Å². The summed E-state index contributed by atoms with van der Waals surface area (Å²) in [5.74, 6) is -0.757. The molecular formula is C12H12F2N2O2. The average Bonchev–Trinajstić information content (AvgIpc) is 2.74. The molecule has 1 aromatic heterocycles. The molecule has 0 fully saturated rings. The van der Waals surface area contributed by atoms with Crippen LogP contribution in [0.25, 0.3) is 5.57 Å². The van der Waals surface area contributed by atoms with E-state index in [4.69, 9.17) is 4.74 Å². The molecule has 0 aromatic carbocycles. The second kappa shape index (κ2) is 4.81. The number of alkyl halides is 1. The van der Waals surface area contributed by atoms with Crippen molar-refractivity contribution in [3.8, 4) is 0 Å². The Morgan fingerprint density at radius 3 is 2.83 bits per heavy atom. The van der Waals surface area contributed by atoms with Crippen molar-refractivity contribution in [1.29, 1.82) is 0 Å². The van der Waals surface area contributed by atoms with Gasteiger partial charge in [-0.2, -0.15) is 0 Å². The van der Waals surface area contributed by atoms with Gasteiger partial charge in [-0.1, -0.05) is 12.2 Å². The van der Waals surface area contributed by atoms with Crippen LogP contribution in [0, 0.1) is 0 Å². The molecule has 0 aliphatic heterocycles. The topological polar surface area (TPSA) is 44.1 Å². The minimum absolute atomic E-state index is 0.0823. The first-order valence-corrected chi connectivity index (χ1v) is 5.32. The predicted octanol–water partition coefficient (Wildman–Crippen LogP) is 1.84. The first-order chi connectivity index (χ1) is 8.60. The molecule has 2 unspecified atom stereocenters. The van der Waals surface area contributed by atoms with Crippen molar-refractivity contribution in [3.05, 3.63) is 35.7 Å². The zero-order valence-electron chi connectivity index (χ0n) is 9.93. The number of aromatic nitrogens is 2. The predicted molar refractivity (Wildman–Crippen MR) is 61.5 cm³/mol. The first-order valence-electron chi connectivity index (χ1n) is 5.32. The lowest BCUT2D eigenvalue weighted by Gasteiger charge is -2.21. The van der Waals surface area contributed by atoms with Gasteiger partial charge >= 0.3 is 0 Å². The van der Waals surface area contributed by atoms with Crippen LogP contribution < -0.4 is 0 Å². The number of hydrogen-bond donors (Lipinski definition) is 0. The van der Waals surface area contributed by atoms with Crippen LogP contribution >= 0.6 is 0 Å². The summed E-state index contributed by atoms with van der Waals surface area (Å²) in [5.41, 5.74) is 0.432. The number of rotatable bonds is 3. The number of carbonyl (C=O) groups excluding carboxylic acids is 1. The molecule has 0 saturated heterocycles. The van der Waals surface area contributed by atoms with Gasteiger partial charge < -0.3 is 9.30 Å². The highest BCUT2D eigenvalue weighted by Gasteiger charge is 2.30. The van der Waals surface area contributed by atoms with Crippen LogP contribution in [0.3, 0.4) is 0 Å². The summed E-state index contributed by atoms with van der Waals surface area (Å²) in [7, 11) is 2.88. The minimum atomic E-state index is -1.84. The van der Waals surface area contributed by atoms with E-state index in [2.05, 4.69) is 4.98 Å². The molecule has 0 radical (unpaired) electrons. The summed E-state index contributed by atoms with van der Waals surface area (Å²) in [5, 5.41) is 0. The first kappa shape index (κ1) is 12.6. The molecule has 0 bridgehead atoms. The van der Waals surface area contributed by atoms with Gasteiger partial charge in [0.25, 0.3) is 0 Å². The van der Waals surface area contributed by atoms with Gasteiger partial charge in [-0.05, 0) is 0 Å². The highest BCUT2D eigenvalue weighted by atomic mass is 19.2. The van der Waals surface area contributed by atoms with Crippen LogP contribution in [-0.4, -0.2) is 35.2 Å². The number of nitrogens with zero attached hydrogens (tertiary/aromatic N) is 2. The summed E-state index contributed by atoms with van der Waals surface area (Å²) < 4.78 is 33.8. The van der Waals surface area contributed by atoms with Gasteiger partial charge in [0.05, 0.1) is 11.9 Å². The molecule has 1 aliphatic carbocycles. The Kier molecular flexibility index (Phi) is 3.38. The molecule has 2 atom stereocenters. The van der Waals surface area contributed by atoms with Gasteiger partial charge in [0.2, 0.25) is 0 Å². The zero-order chi connectivity index (χ0) is 13.3. The van der Waals surface area contributed by atoms with E-state index in [0.717, 1.165) is 0 Å². The Morgan fingerprint density at radius 1 is 1.56 bits per heavy atom. The molecule has 18 heavy (non-hydrogen) atoms. The van der Waals surface area contributed by atoms with Crippen molar-refractivity contribution in [2.45, 2.75) is 12.3 Å². The zero-order valence-corrected chi connectivity index (χ0v) is 9.93. The van der Waals surface area contributed by atoms with E-state index >= 15 is 0 Å². The summed E-state index contributed by atoms with van der Waals surface area (Å²) in [6, 6.07) is 0. The molecule has 4 nitrogen and oxygen atoms in total. The van der Waals surface area contributed by atoms with Crippen molar-refractivity contribution >= 4 is 11.9 Å². The maximum Gasteiger partial charge on any atom is 0.185 e. The van der Waals surface area contributed by atoms with E-state index in [1.807, 2.05) is 0 Å². The molecule has 0 N–H and O–H groups in total. The largest absolute Gasteiger partial charge is 0.374 e. The monoisotopic (exact) mass is 254 g/mol. The summed E-state index contributed by atoms with van der Waals surface area (Å²) >= 11 is 0. The summed E-state index contributed by atoms with van der Waals surface area (Å²) in [6.07, 6.45) is 2.00. The Balaban J connectivity index is 2.45. The Morgan fingerprint density at radius 2 is 2.28 bits per heavy atom. The van der Waals surface area contributed by atoms with Crippen LogP contribution in [0.1, 0.15) is 16.3 Å². The van der Waals surface area contributed by atoms with E-state index in [-0.39, 0.29) is 11.4 Å². The molecule has 1 aliphatic rings. The Hall–Kier alpha value is -1.82. The molecule has 0 saturated carbocycles. The van der Waals surface area contributed by atoms with Crippen molar-refractivity contribution in [2.24, 2.45) is 7.05 Å². The SMILES string of the molecule is COC1C=CC(c2cnc(C=O)n2C)=C(F)C1F. The number of imidazole rings is 1. The second-order valence-corrected chi connectivity index (χ2v) is 3.90. The van der Waals surface area contributed by atoms with Gasteiger partial charge in [-0.25, -0.2) is 13.8 Å².